The van der Waals surface area contributed by atoms with Gasteiger partial charge < -0.3 is 9.47 Å². The first-order valence-corrected chi connectivity index (χ1v) is 8.34. The van der Waals surface area contributed by atoms with Gasteiger partial charge in [0, 0.05) is 11.5 Å². The average Bonchev–Trinajstić information content (AvgIpc) is 2.56. The van der Waals surface area contributed by atoms with E-state index in [0.717, 1.165) is 29.7 Å². The van der Waals surface area contributed by atoms with E-state index in [2.05, 4.69) is 6.58 Å². The Morgan fingerprint density at radius 2 is 2.00 bits per heavy atom. The third-order valence-corrected chi connectivity index (χ3v) is 4.89. The first kappa shape index (κ1) is 15.1. The van der Waals surface area contributed by atoms with E-state index >= 15 is 0 Å². The van der Waals surface area contributed by atoms with Crippen molar-refractivity contribution in [3.05, 3.63) is 36.4 Å². The Morgan fingerprint density at radius 3 is 2.73 bits per heavy atom. The molecule has 0 saturated heterocycles. The lowest BCUT2D eigenvalue weighted by molar-refractivity contribution is -0.154. The lowest BCUT2D eigenvalue weighted by Gasteiger charge is -2.39. The molecule has 3 rings (SSSR count). The molecule has 1 saturated carbocycles. The van der Waals surface area contributed by atoms with Crippen molar-refractivity contribution in [2.75, 3.05) is 6.61 Å². The summed E-state index contributed by atoms with van der Waals surface area (Å²) >= 11 is 0. The molecule has 0 radical (unpaired) electrons. The molecule has 0 amide bonds. The topological polar surface area (TPSA) is 35.5 Å². The number of rotatable bonds is 3. The highest BCUT2D eigenvalue weighted by atomic mass is 16.6. The lowest BCUT2D eigenvalue weighted by atomic mass is 9.71. The Labute approximate surface area is 132 Å². The Bertz CT molecular complexity index is 558. The van der Waals surface area contributed by atoms with E-state index in [-0.39, 0.29) is 11.9 Å². The van der Waals surface area contributed by atoms with E-state index in [9.17, 15) is 4.79 Å². The number of hydrogen-bond acceptors (Lipinski definition) is 3. The SMILES string of the molecule is C=C1c2ccccc2O[C@@H](C(=O)OCC)[C@@H]1C1CCCCC1. The van der Waals surface area contributed by atoms with Crippen LogP contribution in [0.3, 0.4) is 0 Å². The zero-order valence-electron chi connectivity index (χ0n) is 13.2. The standard InChI is InChI=1S/C19H24O3/c1-3-21-19(20)18-17(14-9-5-4-6-10-14)13(2)15-11-7-8-12-16(15)22-18/h7-8,11-12,14,17-18H,2-6,9-10H2,1H3/t17-,18+/m0/s1. The summed E-state index contributed by atoms with van der Waals surface area (Å²) in [5.74, 6) is 0.990. The van der Waals surface area contributed by atoms with Crippen LogP contribution in [0.2, 0.25) is 0 Å². The number of hydrogen-bond donors (Lipinski definition) is 0. The van der Waals surface area contributed by atoms with Gasteiger partial charge in [-0.15, -0.1) is 0 Å². The van der Waals surface area contributed by atoms with E-state index in [1.54, 1.807) is 0 Å². The molecule has 0 aromatic heterocycles. The van der Waals surface area contributed by atoms with Crippen molar-refractivity contribution in [2.45, 2.75) is 45.1 Å². The van der Waals surface area contributed by atoms with Crippen molar-refractivity contribution in [2.24, 2.45) is 11.8 Å². The molecular formula is C19H24O3. The molecule has 1 aromatic rings. The quantitative estimate of drug-likeness (QED) is 0.784. The predicted octanol–water partition coefficient (Wildman–Crippen LogP) is 4.22. The Balaban J connectivity index is 1.94. The van der Waals surface area contributed by atoms with Crippen LogP contribution < -0.4 is 4.74 Å². The van der Waals surface area contributed by atoms with E-state index < -0.39 is 6.10 Å². The molecule has 0 N–H and O–H groups in total. The van der Waals surface area contributed by atoms with Crippen molar-refractivity contribution >= 4 is 11.5 Å². The van der Waals surface area contributed by atoms with E-state index in [1.165, 1.54) is 19.3 Å². The molecule has 118 valence electrons. The van der Waals surface area contributed by atoms with Crippen molar-refractivity contribution < 1.29 is 14.3 Å². The number of carbonyl (C=O) groups excluding carboxylic acids is 1. The van der Waals surface area contributed by atoms with Crippen LogP contribution in [0.4, 0.5) is 0 Å². The van der Waals surface area contributed by atoms with Crippen LogP contribution in [-0.4, -0.2) is 18.7 Å². The van der Waals surface area contributed by atoms with Gasteiger partial charge >= 0.3 is 5.97 Å². The largest absolute Gasteiger partial charge is 0.477 e. The minimum absolute atomic E-state index is 0.0363. The van der Waals surface area contributed by atoms with Crippen molar-refractivity contribution in [1.82, 2.24) is 0 Å². The van der Waals surface area contributed by atoms with Gasteiger partial charge in [-0.2, -0.15) is 0 Å². The summed E-state index contributed by atoms with van der Waals surface area (Å²) in [7, 11) is 0. The van der Waals surface area contributed by atoms with Crippen molar-refractivity contribution in [3.8, 4) is 5.75 Å². The lowest BCUT2D eigenvalue weighted by Crippen LogP contribution is -2.43. The number of ether oxygens (including phenoxy) is 2. The summed E-state index contributed by atoms with van der Waals surface area (Å²) in [6.45, 7) is 6.53. The van der Waals surface area contributed by atoms with Crippen LogP contribution in [0, 0.1) is 11.8 Å². The number of esters is 1. The number of benzene rings is 1. The Hall–Kier alpha value is -1.77. The molecule has 2 aliphatic rings. The van der Waals surface area contributed by atoms with Gasteiger partial charge in [0.15, 0.2) is 0 Å². The van der Waals surface area contributed by atoms with Crippen LogP contribution >= 0.6 is 0 Å². The maximum atomic E-state index is 12.4. The molecule has 0 bridgehead atoms. The van der Waals surface area contributed by atoms with Gasteiger partial charge in [-0.25, -0.2) is 4.79 Å². The van der Waals surface area contributed by atoms with E-state index in [0.29, 0.717) is 12.5 Å². The fourth-order valence-corrected chi connectivity index (χ4v) is 3.85. The zero-order chi connectivity index (χ0) is 15.5. The summed E-state index contributed by atoms with van der Waals surface area (Å²) < 4.78 is 11.3. The van der Waals surface area contributed by atoms with Gasteiger partial charge in [-0.05, 0) is 37.3 Å². The molecule has 1 aromatic carbocycles. The minimum atomic E-state index is -0.551. The number of fused-ring (bicyclic) bond motifs is 1. The third kappa shape index (κ3) is 2.77. The van der Waals surface area contributed by atoms with E-state index in [1.807, 2.05) is 31.2 Å². The molecule has 1 aliphatic heterocycles. The molecular weight excluding hydrogens is 276 g/mol. The molecule has 3 nitrogen and oxygen atoms in total. The monoisotopic (exact) mass is 300 g/mol. The van der Waals surface area contributed by atoms with Crippen molar-refractivity contribution in [3.63, 3.8) is 0 Å². The highest BCUT2D eigenvalue weighted by Gasteiger charge is 2.43. The van der Waals surface area contributed by atoms with Crippen LogP contribution in [0.25, 0.3) is 5.57 Å². The van der Waals surface area contributed by atoms with Gasteiger partial charge in [0.2, 0.25) is 6.10 Å². The number of carbonyl (C=O) groups is 1. The predicted molar refractivity (Wildman–Crippen MR) is 86.6 cm³/mol. The summed E-state index contributed by atoms with van der Waals surface area (Å²) in [6, 6.07) is 7.87. The summed E-state index contributed by atoms with van der Waals surface area (Å²) in [5.41, 5.74) is 2.07. The number of para-hydroxylation sites is 1. The second-order valence-corrected chi connectivity index (χ2v) is 6.24. The zero-order valence-corrected chi connectivity index (χ0v) is 13.2. The maximum absolute atomic E-state index is 12.4. The first-order valence-electron chi connectivity index (χ1n) is 8.34. The van der Waals surface area contributed by atoms with Gasteiger partial charge in [-0.3, -0.25) is 0 Å². The molecule has 1 fully saturated rings. The van der Waals surface area contributed by atoms with Crippen LogP contribution in [0.15, 0.2) is 30.8 Å². The van der Waals surface area contributed by atoms with Gasteiger partial charge in [0.05, 0.1) is 6.61 Å². The Kier molecular flexibility index (Phi) is 4.51. The summed E-state index contributed by atoms with van der Waals surface area (Å²) in [4.78, 5) is 12.4. The Morgan fingerprint density at radius 1 is 1.27 bits per heavy atom. The molecule has 0 unspecified atom stereocenters. The van der Waals surface area contributed by atoms with Gasteiger partial charge in [0.25, 0.3) is 0 Å². The van der Waals surface area contributed by atoms with Crippen molar-refractivity contribution in [1.29, 1.82) is 0 Å². The van der Waals surface area contributed by atoms with Crippen LogP contribution in [0.5, 0.6) is 5.75 Å². The third-order valence-electron chi connectivity index (χ3n) is 4.89. The molecule has 0 spiro atoms. The second kappa shape index (κ2) is 6.55. The summed E-state index contributed by atoms with van der Waals surface area (Å²) in [6.07, 6.45) is 5.48. The van der Waals surface area contributed by atoms with Crippen LogP contribution in [-0.2, 0) is 9.53 Å². The van der Waals surface area contributed by atoms with Gasteiger partial charge in [-0.1, -0.05) is 44.0 Å². The maximum Gasteiger partial charge on any atom is 0.347 e. The van der Waals surface area contributed by atoms with Crippen LogP contribution in [0.1, 0.15) is 44.6 Å². The smallest absolute Gasteiger partial charge is 0.347 e. The fourth-order valence-electron chi connectivity index (χ4n) is 3.85. The normalized spacial score (nSPS) is 25.2. The first-order chi connectivity index (χ1) is 10.7. The molecule has 22 heavy (non-hydrogen) atoms. The highest BCUT2D eigenvalue weighted by molar-refractivity contribution is 5.83. The molecule has 1 heterocycles. The highest BCUT2D eigenvalue weighted by Crippen LogP contribution is 2.46. The minimum Gasteiger partial charge on any atom is -0.477 e. The van der Waals surface area contributed by atoms with E-state index in [4.69, 9.17) is 9.47 Å². The molecule has 1 aliphatic carbocycles. The van der Waals surface area contributed by atoms with Gasteiger partial charge in [0.1, 0.15) is 5.75 Å². The second-order valence-electron chi connectivity index (χ2n) is 6.24. The fraction of sp³-hybridized carbons (Fsp3) is 0.526. The molecule has 3 heteroatoms. The average molecular weight is 300 g/mol. The molecule has 2 atom stereocenters. The summed E-state index contributed by atoms with van der Waals surface area (Å²) in [5, 5.41) is 0.